The zero-order valence-electron chi connectivity index (χ0n) is 21.5. The number of benzene rings is 3. The van der Waals surface area contributed by atoms with Crippen LogP contribution in [-0.2, 0) is 22.7 Å². The van der Waals surface area contributed by atoms with Gasteiger partial charge in [-0.15, -0.1) is 0 Å². The number of carboxylic acid groups (broad SMARTS) is 1. The Morgan fingerprint density at radius 2 is 1.79 bits per heavy atom. The van der Waals surface area contributed by atoms with Crippen molar-refractivity contribution in [3.8, 4) is 11.5 Å². The van der Waals surface area contributed by atoms with Crippen molar-refractivity contribution in [1.82, 2.24) is 0 Å². The Morgan fingerprint density at radius 3 is 2.47 bits per heavy atom. The molecule has 4 rings (SSSR count). The van der Waals surface area contributed by atoms with Gasteiger partial charge in [0.1, 0.15) is 6.61 Å². The number of halogens is 1. The number of aromatic carboxylic acids is 1. The summed E-state index contributed by atoms with van der Waals surface area (Å²) in [6.45, 7) is 6.61. The van der Waals surface area contributed by atoms with E-state index in [1.54, 1.807) is 29.2 Å². The lowest BCUT2D eigenvalue weighted by Gasteiger charge is -2.31. The molecule has 1 saturated heterocycles. The van der Waals surface area contributed by atoms with Crippen molar-refractivity contribution in [3.05, 3.63) is 82.4 Å². The number of ether oxygens (including phenoxy) is 3. The Hall–Kier alpha value is -3.75. The molecule has 38 heavy (non-hydrogen) atoms. The van der Waals surface area contributed by atoms with Gasteiger partial charge in [0.25, 0.3) is 0 Å². The summed E-state index contributed by atoms with van der Waals surface area (Å²) in [6, 6.07) is 18.1. The van der Waals surface area contributed by atoms with E-state index in [1.807, 2.05) is 48.2 Å². The molecule has 0 aliphatic carbocycles. The number of nitrogens with zero attached hydrogens (tertiary/aromatic N) is 2. The maximum Gasteiger partial charge on any atom is 0.337 e. The highest BCUT2D eigenvalue weighted by Crippen LogP contribution is 2.32. The van der Waals surface area contributed by atoms with Gasteiger partial charge in [0, 0.05) is 36.3 Å². The number of amides is 1. The van der Waals surface area contributed by atoms with Crippen molar-refractivity contribution in [2.24, 2.45) is 0 Å². The summed E-state index contributed by atoms with van der Waals surface area (Å²) in [5, 5.41) is 10.5. The molecular formula is C29H31ClN2O6. The van der Waals surface area contributed by atoms with Crippen LogP contribution in [0, 0.1) is 0 Å². The van der Waals surface area contributed by atoms with Gasteiger partial charge in [-0.2, -0.15) is 0 Å². The lowest BCUT2D eigenvalue weighted by atomic mass is 10.1. The fourth-order valence-corrected chi connectivity index (χ4v) is 4.51. The number of hydrogen-bond donors (Lipinski definition) is 1. The van der Waals surface area contributed by atoms with Crippen molar-refractivity contribution in [1.29, 1.82) is 0 Å². The van der Waals surface area contributed by atoms with Gasteiger partial charge in [0.15, 0.2) is 11.5 Å². The Labute approximate surface area is 227 Å². The average molecular weight is 539 g/mol. The maximum absolute atomic E-state index is 12.7. The van der Waals surface area contributed by atoms with Crippen LogP contribution in [0.5, 0.6) is 11.5 Å². The first kappa shape index (κ1) is 27.3. The van der Waals surface area contributed by atoms with Crippen LogP contribution < -0.4 is 19.3 Å². The molecule has 1 heterocycles. The fourth-order valence-electron chi connectivity index (χ4n) is 4.32. The molecule has 1 fully saturated rings. The molecule has 0 aromatic heterocycles. The van der Waals surface area contributed by atoms with Crippen LogP contribution in [-0.4, -0.2) is 49.9 Å². The van der Waals surface area contributed by atoms with Gasteiger partial charge < -0.3 is 29.1 Å². The number of anilines is 2. The van der Waals surface area contributed by atoms with Crippen molar-refractivity contribution in [2.45, 2.75) is 27.0 Å². The molecule has 1 aliphatic heterocycles. The molecular weight excluding hydrogens is 508 g/mol. The molecule has 0 atom stereocenters. The fraction of sp³-hybridized carbons (Fsp3) is 0.310. The predicted molar refractivity (Wildman–Crippen MR) is 147 cm³/mol. The number of rotatable bonds is 10. The molecule has 8 nitrogen and oxygen atoms in total. The minimum Gasteiger partial charge on any atom is -0.490 e. The van der Waals surface area contributed by atoms with E-state index in [-0.39, 0.29) is 24.6 Å². The maximum atomic E-state index is 12.7. The Balaban J connectivity index is 1.57. The summed E-state index contributed by atoms with van der Waals surface area (Å²) in [5.74, 6) is -0.143. The van der Waals surface area contributed by atoms with Crippen LogP contribution in [0.1, 0.15) is 35.3 Å². The summed E-state index contributed by atoms with van der Waals surface area (Å²) in [6.07, 6.45) is 0. The smallest absolute Gasteiger partial charge is 0.337 e. The van der Waals surface area contributed by atoms with Gasteiger partial charge in [0.2, 0.25) is 5.91 Å². The van der Waals surface area contributed by atoms with E-state index in [1.165, 1.54) is 6.92 Å². The highest BCUT2D eigenvalue weighted by molar-refractivity contribution is 6.31. The molecule has 1 aliphatic rings. The van der Waals surface area contributed by atoms with Crippen LogP contribution in [0.25, 0.3) is 0 Å². The van der Waals surface area contributed by atoms with E-state index >= 15 is 0 Å². The van der Waals surface area contributed by atoms with Crippen LogP contribution in [0.15, 0.2) is 60.7 Å². The van der Waals surface area contributed by atoms with E-state index in [9.17, 15) is 14.7 Å². The van der Waals surface area contributed by atoms with Crippen molar-refractivity contribution < 1.29 is 28.9 Å². The first-order chi connectivity index (χ1) is 18.4. The third-order valence-corrected chi connectivity index (χ3v) is 6.61. The van der Waals surface area contributed by atoms with Gasteiger partial charge >= 0.3 is 5.97 Å². The van der Waals surface area contributed by atoms with E-state index in [4.69, 9.17) is 25.8 Å². The van der Waals surface area contributed by atoms with Crippen molar-refractivity contribution in [3.63, 3.8) is 0 Å². The standard InChI is InChI=1S/C29H31ClN2O6/c1-3-37-28-16-21(8-11-27(28)38-19-22-6-4-5-7-25(22)30)18-32(20(2)33)23-9-10-26(24(17-23)29(34)35)31-12-14-36-15-13-31/h4-11,16-17H,3,12-15,18-19H2,1-2H3,(H,34,35). The molecule has 1 N–H and O–H groups in total. The van der Waals surface area contributed by atoms with Crippen LogP contribution in [0.2, 0.25) is 5.02 Å². The summed E-state index contributed by atoms with van der Waals surface area (Å²) >= 11 is 6.25. The molecule has 200 valence electrons. The molecule has 0 bridgehead atoms. The molecule has 3 aromatic rings. The molecule has 1 amide bonds. The zero-order valence-corrected chi connectivity index (χ0v) is 22.2. The largest absolute Gasteiger partial charge is 0.490 e. The lowest BCUT2D eigenvalue weighted by molar-refractivity contribution is -0.116. The van der Waals surface area contributed by atoms with Crippen molar-refractivity contribution >= 4 is 34.9 Å². The highest BCUT2D eigenvalue weighted by Gasteiger charge is 2.22. The molecule has 0 radical (unpaired) electrons. The number of hydrogen-bond acceptors (Lipinski definition) is 6. The topological polar surface area (TPSA) is 88.5 Å². The minimum atomic E-state index is -1.05. The number of morpholine rings is 1. The summed E-state index contributed by atoms with van der Waals surface area (Å²) in [4.78, 5) is 28.3. The minimum absolute atomic E-state index is 0.147. The number of carbonyl (C=O) groups excluding carboxylic acids is 1. The average Bonchev–Trinajstić information content (AvgIpc) is 2.92. The Kier molecular flexibility index (Phi) is 9.10. The predicted octanol–water partition coefficient (Wildman–Crippen LogP) is 5.41. The van der Waals surface area contributed by atoms with Gasteiger partial charge in [0.05, 0.1) is 37.6 Å². The first-order valence-electron chi connectivity index (χ1n) is 12.5. The van der Waals surface area contributed by atoms with E-state index in [0.717, 1.165) is 11.1 Å². The highest BCUT2D eigenvalue weighted by atomic mass is 35.5. The normalized spacial score (nSPS) is 13.2. The number of carboxylic acids is 1. The molecule has 9 heteroatoms. The quantitative estimate of drug-likeness (QED) is 0.369. The second-order valence-electron chi connectivity index (χ2n) is 8.81. The summed E-state index contributed by atoms with van der Waals surface area (Å²) in [5.41, 5.74) is 2.94. The first-order valence-corrected chi connectivity index (χ1v) is 12.8. The van der Waals surface area contributed by atoms with Crippen LogP contribution in [0.3, 0.4) is 0 Å². The number of carbonyl (C=O) groups is 2. The Bertz CT molecular complexity index is 1290. The lowest BCUT2D eigenvalue weighted by Crippen LogP contribution is -2.37. The second kappa shape index (κ2) is 12.7. The third-order valence-electron chi connectivity index (χ3n) is 6.24. The zero-order chi connectivity index (χ0) is 27.1. The SMILES string of the molecule is CCOc1cc(CN(C(C)=O)c2ccc(N3CCOCC3)c(C(=O)O)c2)ccc1OCc1ccccc1Cl. The van der Waals surface area contributed by atoms with E-state index in [2.05, 4.69) is 0 Å². The molecule has 0 unspecified atom stereocenters. The Morgan fingerprint density at radius 1 is 1.03 bits per heavy atom. The molecule has 3 aromatic carbocycles. The van der Waals surface area contributed by atoms with Crippen molar-refractivity contribution in [2.75, 3.05) is 42.7 Å². The van der Waals surface area contributed by atoms with Gasteiger partial charge in [-0.1, -0.05) is 35.9 Å². The second-order valence-corrected chi connectivity index (χ2v) is 9.21. The van der Waals surface area contributed by atoms with Gasteiger partial charge in [-0.25, -0.2) is 4.79 Å². The van der Waals surface area contributed by atoms with Crippen LogP contribution >= 0.6 is 11.6 Å². The van der Waals surface area contributed by atoms with Gasteiger partial charge in [-0.05, 0) is 48.9 Å². The summed E-state index contributed by atoms with van der Waals surface area (Å²) < 4.78 is 17.2. The summed E-state index contributed by atoms with van der Waals surface area (Å²) in [7, 11) is 0. The molecule has 0 spiro atoms. The monoisotopic (exact) mass is 538 g/mol. The van der Waals surface area contributed by atoms with Gasteiger partial charge in [-0.3, -0.25) is 4.79 Å². The van der Waals surface area contributed by atoms with Crippen LogP contribution in [0.4, 0.5) is 11.4 Å². The van der Waals surface area contributed by atoms with E-state index in [0.29, 0.717) is 60.8 Å². The molecule has 0 saturated carbocycles. The third kappa shape index (κ3) is 6.57. The van der Waals surface area contributed by atoms with E-state index < -0.39 is 5.97 Å².